The van der Waals surface area contributed by atoms with Crippen LogP contribution in [0.2, 0.25) is 5.02 Å². The minimum absolute atomic E-state index is 0. The van der Waals surface area contributed by atoms with Gasteiger partial charge in [0.1, 0.15) is 5.82 Å². The van der Waals surface area contributed by atoms with Gasteiger partial charge < -0.3 is 4.90 Å². The summed E-state index contributed by atoms with van der Waals surface area (Å²) in [6, 6.07) is 10.2. The summed E-state index contributed by atoms with van der Waals surface area (Å²) in [6.07, 6.45) is 1.24. The second kappa shape index (κ2) is 12.0. The Morgan fingerprint density at radius 1 is 1.16 bits per heavy atom. The van der Waals surface area contributed by atoms with Crippen LogP contribution in [0.25, 0.3) is 10.2 Å². The highest BCUT2D eigenvalue weighted by atomic mass is 35.5. The molecule has 0 unspecified atom stereocenters. The van der Waals surface area contributed by atoms with Crippen LogP contribution < -0.4 is 4.90 Å². The molecule has 1 heterocycles. The number of halogens is 3. The molecule has 1 aromatic heterocycles. The molecular formula is C22H26Cl2FN3OS2. The maximum absolute atomic E-state index is 13.1. The summed E-state index contributed by atoms with van der Waals surface area (Å²) in [5, 5.41) is 1.35. The van der Waals surface area contributed by atoms with Gasteiger partial charge in [0.2, 0.25) is 5.91 Å². The number of benzene rings is 2. The monoisotopic (exact) mass is 501 g/mol. The maximum Gasteiger partial charge on any atom is 0.229 e. The van der Waals surface area contributed by atoms with Crippen LogP contribution in [0.4, 0.5) is 9.52 Å². The van der Waals surface area contributed by atoms with Crippen LogP contribution in [-0.4, -0.2) is 48.7 Å². The number of carbonyl (C=O) groups excluding carboxylic acids is 1. The third kappa shape index (κ3) is 7.05. The molecule has 3 rings (SSSR count). The second-order valence-electron chi connectivity index (χ2n) is 7.29. The molecule has 168 valence electrons. The zero-order chi connectivity index (χ0) is 21.7. The van der Waals surface area contributed by atoms with Crippen LogP contribution in [0.15, 0.2) is 41.3 Å². The van der Waals surface area contributed by atoms with Gasteiger partial charge >= 0.3 is 0 Å². The number of amides is 1. The van der Waals surface area contributed by atoms with Crippen LogP contribution in [0.3, 0.4) is 0 Å². The summed E-state index contributed by atoms with van der Waals surface area (Å²) in [7, 11) is 4.04. The van der Waals surface area contributed by atoms with Crippen LogP contribution in [0, 0.1) is 12.7 Å². The van der Waals surface area contributed by atoms with Gasteiger partial charge in [0.05, 0.1) is 15.2 Å². The summed E-state index contributed by atoms with van der Waals surface area (Å²) < 4.78 is 14.0. The number of rotatable bonds is 9. The molecule has 0 N–H and O–H groups in total. The Labute approximate surface area is 202 Å². The van der Waals surface area contributed by atoms with Gasteiger partial charge in [0, 0.05) is 23.6 Å². The highest BCUT2D eigenvalue weighted by molar-refractivity contribution is 7.99. The Kier molecular flexibility index (Phi) is 10.0. The molecule has 0 atom stereocenters. The van der Waals surface area contributed by atoms with Gasteiger partial charge in [0.25, 0.3) is 0 Å². The largest absolute Gasteiger partial charge is 0.309 e. The van der Waals surface area contributed by atoms with Gasteiger partial charge in [0.15, 0.2) is 5.13 Å². The lowest BCUT2D eigenvalue weighted by molar-refractivity contribution is -0.118. The topological polar surface area (TPSA) is 36.4 Å². The fourth-order valence-corrected chi connectivity index (χ4v) is 5.20. The lowest BCUT2D eigenvalue weighted by Crippen LogP contribution is -2.33. The Hall–Kier alpha value is -1.38. The fourth-order valence-electron chi connectivity index (χ4n) is 3.00. The van der Waals surface area contributed by atoms with Crippen molar-refractivity contribution < 1.29 is 9.18 Å². The van der Waals surface area contributed by atoms with Crippen molar-refractivity contribution in [1.29, 1.82) is 0 Å². The predicted molar refractivity (Wildman–Crippen MR) is 134 cm³/mol. The van der Waals surface area contributed by atoms with Gasteiger partial charge in [-0.25, -0.2) is 9.37 Å². The average molecular weight is 503 g/mol. The molecule has 1 amide bonds. The Morgan fingerprint density at radius 3 is 2.52 bits per heavy atom. The van der Waals surface area contributed by atoms with Crippen LogP contribution in [-0.2, 0) is 4.79 Å². The highest BCUT2D eigenvalue weighted by Crippen LogP contribution is 2.36. The first-order valence-electron chi connectivity index (χ1n) is 9.74. The molecule has 0 saturated heterocycles. The van der Waals surface area contributed by atoms with E-state index in [9.17, 15) is 9.18 Å². The quantitative estimate of drug-likeness (QED) is 0.323. The lowest BCUT2D eigenvalue weighted by Gasteiger charge is -2.21. The molecule has 0 aliphatic rings. The molecule has 0 saturated carbocycles. The zero-order valence-corrected chi connectivity index (χ0v) is 20.9. The molecule has 31 heavy (non-hydrogen) atoms. The van der Waals surface area contributed by atoms with Crippen molar-refractivity contribution in [2.24, 2.45) is 0 Å². The number of aryl methyl sites for hydroxylation is 1. The lowest BCUT2D eigenvalue weighted by atomic mass is 10.2. The van der Waals surface area contributed by atoms with Crippen molar-refractivity contribution >= 4 is 68.4 Å². The van der Waals surface area contributed by atoms with Crippen molar-refractivity contribution in [2.45, 2.75) is 24.7 Å². The number of anilines is 1. The molecule has 9 heteroatoms. The molecule has 0 aliphatic heterocycles. The average Bonchev–Trinajstić information content (AvgIpc) is 3.16. The number of nitrogens with zero attached hydrogens (tertiary/aromatic N) is 3. The van der Waals surface area contributed by atoms with E-state index < -0.39 is 0 Å². The maximum atomic E-state index is 13.1. The zero-order valence-electron chi connectivity index (χ0n) is 17.7. The first kappa shape index (κ1) is 25.9. The Balaban J connectivity index is 0.00000341. The number of hydrogen-bond acceptors (Lipinski definition) is 5. The number of carbonyl (C=O) groups is 1. The van der Waals surface area contributed by atoms with Crippen molar-refractivity contribution in [2.75, 3.05) is 37.8 Å². The van der Waals surface area contributed by atoms with Gasteiger partial charge in [-0.1, -0.05) is 29.0 Å². The summed E-state index contributed by atoms with van der Waals surface area (Å²) >= 11 is 9.38. The molecule has 0 fully saturated rings. The molecular weight excluding hydrogens is 476 g/mol. The van der Waals surface area contributed by atoms with E-state index in [4.69, 9.17) is 16.6 Å². The van der Waals surface area contributed by atoms with E-state index in [-0.39, 0.29) is 24.1 Å². The molecule has 0 aliphatic carbocycles. The summed E-state index contributed by atoms with van der Waals surface area (Å²) in [6.45, 7) is 3.49. The molecule has 0 bridgehead atoms. The normalized spacial score (nSPS) is 11.0. The number of hydrogen-bond donors (Lipinski definition) is 0. The third-order valence-corrected chi connectivity index (χ3v) is 7.16. The van der Waals surface area contributed by atoms with E-state index in [2.05, 4.69) is 4.90 Å². The minimum atomic E-state index is -0.257. The summed E-state index contributed by atoms with van der Waals surface area (Å²) in [5.74, 6) is 0.405. The van der Waals surface area contributed by atoms with Crippen LogP contribution >= 0.6 is 47.1 Å². The highest BCUT2D eigenvalue weighted by Gasteiger charge is 2.21. The molecule has 2 aromatic carbocycles. The van der Waals surface area contributed by atoms with E-state index in [0.29, 0.717) is 28.9 Å². The van der Waals surface area contributed by atoms with E-state index in [1.165, 1.54) is 23.5 Å². The first-order chi connectivity index (χ1) is 14.3. The number of thiazole rings is 1. The van der Waals surface area contributed by atoms with E-state index >= 15 is 0 Å². The van der Waals surface area contributed by atoms with E-state index in [1.807, 2.05) is 33.2 Å². The van der Waals surface area contributed by atoms with Crippen molar-refractivity contribution in [1.82, 2.24) is 9.88 Å². The van der Waals surface area contributed by atoms with E-state index in [0.717, 1.165) is 33.6 Å². The Morgan fingerprint density at radius 2 is 1.87 bits per heavy atom. The molecule has 0 radical (unpaired) electrons. The van der Waals surface area contributed by atoms with Crippen molar-refractivity contribution in [3.63, 3.8) is 0 Å². The summed E-state index contributed by atoms with van der Waals surface area (Å²) in [4.78, 5) is 22.7. The number of aromatic nitrogens is 1. The van der Waals surface area contributed by atoms with Crippen molar-refractivity contribution in [3.8, 4) is 0 Å². The molecule has 3 aromatic rings. The van der Waals surface area contributed by atoms with Crippen LogP contribution in [0.1, 0.15) is 18.4 Å². The third-order valence-electron chi connectivity index (χ3n) is 4.60. The molecule has 4 nitrogen and oxygen atoms in total. The van der Waals surface area contributed by atoms with Crippen LogP contribution in [0.5, 0.6) is 0 Å². The van der Waals surface area contributed by atoms with Gasteiger partial charge in [-0.05, 0) is 69.9 Å². The minimum Gasteiger partial charge on any atom is -0.309 e. The number of fused-ring (bicyclic) bond motifs is 1. The van der Waals surface area contributed by atoms with Crippen molar-refractivity contribution in [3.05, 3.63) is 52.8 Å². The summed E-state index contributed by atoms with van der Waals surface area (Å²) in [5.41, 5.74) is 1.90. The fraction of sp³-hybridized carbons (Fsp3) is 0.364. The number of thioether (sulfide) groups is 1. The predicted octanol–water partition coefficient (Wildman–Crippen LogP) is 6.29. The smallest absolute Gasteiger partial charge is 0.229 e. The first-order valence-corrected chi connectivity index (χ1v) is 11.9. The standard InChI is InChI=1S/C22H25ClFN3OS2.ClH/c1-15-5-10-18(23)21-20(15)25-22(30-21)27(13-4-12-26(2)3)19(28)11-14-29-17-8-6-16(24)7-9-17;/h5-10H,4,11-14H2,1-3H3;1H. The second-order valence-corrected chi connectivity index (χ2v) is 9.85. The molecule has 0 spiro atoms. The van der Waals surface area contributed by atoms with Gasteiger partial charge in [-0.2, -0.15) is 0 Å². The van der Waals surface area contributed by atoms with Gasteiger partial charge in [-0.15, -0.1) is 24.2 Å². The SMILES string of the molecule is Cc1ccc(Cl)c2sc(N(CCCN(C)C)C(=O)CCSc3ccc(F)cc3)nc12.Cl. The van der Waals surface area contributed by atoms with E-state index in [1.54, 1.807) is 28.8 Å². The van der Waals surface area contributed by atoms with Gasteiger partial charge in [-0.3, -0.25) is 9.69 Å². The Bertz CT molecular complexity index is 973.